The lowest BCUT2D eigenvalue weighted by molar-refractivity contribution is 0.166. The van der Waals surface area contributed by atoms with Gasteiger partial charge in [0.25, 0.3) is 0 Å². The molecule has 0 radical (unpaired) electrons. The number of hydrogen-bond acceptors (Lipinski definition) is 4. The zero-order chi connectivity index (χ0) is 13.0. The first-order chi connectivity index (χ1) is 8.68. The lowest BCUT2D eigenvalue weighted by atomic mass is 10.1. The Labute approximate surface area is 109 Å². The van der Waals surface area contributed by atoms with Crippen LogP contribution in [0.2, 0.25) is 0 Å². The van der Waals surface area contributed by atoms with Crippen LogP contribution in [-0.4, -0.2) is 16.6 Å². The van der Waals surface area contributed by atoms with E-state index < -0.39 is 6.10 Å². The van der Waals surface area contributed by atoms with E-state index in [9.17, 15) is 9.50 Å². The van der Waals surface area contributed by atoms with Gasteiger partial charge in [-0.05, 0) is 13.0 Å². The Bertz CT molecular complexity index is 489. The standard InChI is InChI=1S/C13H15FN2OS/c1-9(13-15-6-7-18-13)16-8-12(17)10-4-2-3-5-11(10)14/h2-7,9,12,16-17H,8H2,1H3. The van der Waals surface area contributed by atoms with Crippen LogP contribution in [0.5, 0.6) is 0 Å². The van der Waals surface area contributed by atoms with Crippen molar-refractivity contribution in [3.8, 4) is 0 Å². The molecule has 1 aromatic carbocycles. The van der Waals surface area contributed by atoms with Crippen molar-refractivity contribution in [1.29, 1.82) is 0 Å². The van der Waals surface area contributed by atoms with Gasteiger partial charge in [-0.3, -0.25) is 0 Å². The molecule has 2 N–H and O–H groups in total. The van der Waals surface area contributed by atoms with Gasteiger partial charge in [-0.25, -0.2) is 9.37 Å². The van der Waals surface area contributed by atoms with Gasteiger partial charge in [-0.15, -0.1) is 11.3 Å². The Hall–Kier alpha value is -1.30. The van der Waals surface area contributed by atoms with E-state index >= 15 is 0 Å². The van der Waals surface area contributed by atoms with Crippen LogP contribution < -0.4 is 5.32 Å². The Balaban J connectivity index is 1.93. The molecule has 0 spiro atoms. The normalized spacial score (nSPS) is 14.4. The fraction of sp³-hybridized carbons (Fsp3) is 0.308. The molecule has 96 valence electrons. The summed E-state index contributed by atoms with van der Waals surface area (Å²) in [6.45, 7) is 2.26. The van der Waals surface area contributed by atoms with Crippen molar-refractivity contribution in [3.05, 3.63) is 52.2 Å². The monoisotopic (exact) mass is 266 g/mol. The molecule has 0 aliphatic heterocycles. The van der Waals surface area contributed by atoms with Crippen molar-refractivity contribution in [1.82, 2.24) is 10.3 Å². The van der Waals surface area contributed by atoms with E-state index in [4.69, 9.17) is 0 Å². The minimum Gasteiger partial charge on any atom is -0.387 e. The molecule has 2 atom stereocenters. The Morgan fingerprint density at radius 1 is 1.44 bits per heavy atom. The molecule has 0 bridgehead atoms. The van der Waals surface area contributed by atoms with Gasteiger partial charge >= 0.3 is 0 Å². The van der Waals surface area contributed by atoms with Gasteiger partial charge in [-0.1, -0.05) is 18.2 Å². The number of aliphatic hydroxyl groups is 1. The molecule has 2 unspecified atom stereocenters. The maximum absolute atomic E-state index is 13.4. The number of thiazole rings is 1. The summed E-state index contributed by atoms with van der Waals surface area (Å²) in [6, 6.07) is 6.31. The number of nitrogens with one attached hydrogen (secondary N) is 1. The number of nitrogens with zero attached hydrogens (tertiary/aromatic N) is 1. The summed E-state index contributed by atoms with van der Waals surface area (Å²) >= 11 is 1.55. The zero-order valence-corrected chi connectivity index (χ0v) is 10.8. The zero-order valence-electron chi connectivity index (χ0n) is 10.0. The average Bonchev–Trinajstić information content (AvgIpc) is 2.90. The van der Waals surface area contributed by atoms with Gasteiger partial charge in [0.1, 0.15) is 10.8 Å². The van der Waals surface area contributed by atoms with Gasteiger partial charge in [0.2, 0.25) is 0 Å². The van der Waals surface area contributed by atoms with Crippen molar-refractivity contribution in [2.45, 2.75) is 19.1 Å². The second kappa shape index (κ2) is 6.04. The van der Waals surface area contributed by atoms with E-state index in [0.29, 0.717) is 12.1 Å². The molecule has 0 amide bonds. The minimum atomic E-state index is -0.853. The number of benzene rings is 1. The summed E-state index contributed by atoms with van der Waals surface area (Å²) in [5.41, 5.74) is 0.316. The molecular formula is C13H15FN2OS. The summed E-state index contributed by atoms with van der Waals surface area (Å²) in [4.78, 5) is 4.18. The number of halogens is 1. The van der Waals surface area contributed by atoms with Crippen molar-refractivity contribution >= 4 is 11.3 Å². The molecule has 0 saturated carbocycles. The van der Waals surface area contributed by atoms with Crippen molar-refractivity contribution in [2.24, 2.45) is 0 Å². The molecule has 1 aromatic heterocycles. The molecule has 3 nitrogen and oxygen atoms in total. The number of aromatic nitrogens is 1. The highest BCUT2D eigenvalue weighted by Gasteiger charge is 2.14. The maximum atomic E-state index is 13.4. The molecule has 1 heterocycles. The summed E-state index contributed by atoms with van der Waals surface area (Å²) in [5.74, 6) is -0.381. The second-order valence-electron chi connectivity index (χ2n) is 4.04. The molecule has 0 fully saturated rings. The Morgan fingerprint density at radius 3 is 2.89 bits per heavy atom. The third-order valence-electron chi connectivity index (χ3n) is 2.70. The molecule has 18 heavy (non-hydrogen) atoms. The lowest BCUT2D eigenvalue weighted by Gasteiger charge is -2.16. The second-order valence-corrected chi connectivity index (χ2v) is 4.96. The van der Waals surface area contributed by atoms with E-state index in [0.717, 1.165) is 5.01 Å². The first kappa shape index (κ1) is 13.1. The SMILES string of the molecule is CC(NCC(O)c1ccccc1F)c1nccs1. The quantitative estimate of drug-likeness (QED) is 0.874. The lowest BCUT2D eigenvalue weighted by Crippen LogP contribution is -2.25. The summed E-state index contributed by atoms with van der Waals surface area (Å²) in [6.07, 6.45) is 0.888. The molecular weight excluding hydrogens is 251 g/mol. The van der Waals surface area contributed by atoms with Crippen LogP contribution in [0.25, 0.3) is 0 Å². The molecule has 0 aliphatic carbocycles. The third kappa shape index (κ3) is 3.13. The topological polar surface area (TPSA) is 45.1 Å². The maximum Gasteiger partial charge on any atom is 0.129 e. The van der Waals surface area contributed by atoms with Gasteiger partial charge in [-0.2, -0.15) is 0 Å². The van der Waals surface area contributed by atoms with E-state index in [1.165, 1.54) is 6.07 Å². The van der Waals surface area contributed by atoms with Crippen LogP contribution in [-0.2, 0) is 0 Å². The van der Waals surface area contributed by atoms with E-state index in [-0.39, 0.29) is 11.9 Å². The van der Waals surface area contributed by atoms with Gasteiger partial charge < -0.3 is 10.4 Å². The summed E-state index contributed by atoms with van der Waals surface area (Å²) < 4.78 is 13.4. The van der Waals surface area contributed by atoms with Crippen LogP contribution in [0, 0.1) is 5.82 Å². The molecule has 5 heteroatoms. The van der Waals surface area contributed by atoms with Gasteiger partial charge in [0, 0.05) is 23.7 Å². The first-order valence-corrected chi connectivity index (χ1v) is 6.61. The van der Waals surface area contributed by atoms with Crippen LogP contribution in [0.1, 0.15) is 29.6 Å². The number of hydrogen-bond donors (Lipinski definition) is 2. The van der Waals surface area contributed by atoms with E-state index in [2.05, 4.69) is 10.3 Å². The predicted octanol–water partition coefficient (Wildman–Crippen LogP) is 2.67. The fourth-order valence-electron chi connectivity index (χ4n) is 1.68. The third-order valence-corrected chi connectivity index (χ3v) is 3.66. The van der Waals surface area contributed by atoms with E-state index in [1.807, 2.05) is 12.3 Å². The highest BCUT2D eigenvalue weighted by molar-refractivity contribution is 7.09. The highest BCUT2D eigenvalue weighted by Crippen LogP contribution is 2.18. The van der Waals surface area contributed by atoms with Crippen molar-refractivity contribution in [2.75, 3.05) is 6.54 Å². The number of aliphatic hydroxyl groups excluding tert-OH is 1. The highest BCUT2D eigenvalue weighted by atomic mass is 32.1. The van der Waals surface area contributed by atoms with Crippen molar-refractivity contribution in [3.63, 3.8) is 0 Å². The van der Waals surface area contributed by atoms with Crippen LogP contribution >= 0.6 is 11.3 Å². The Kier molecular flexibility index (Phi) is 4.41. The first-order valence-electron chi connectivity index (χ1n) is 5.73. The average molecular weight is 266 g/mol. The largest absolute Gasteiger partial charge is 0.387 e. The van der Waals surface area contributed by atoms with Crippen LogP contribution in [0.15, 0.2) is 35.8 Å². The predicted molar refractivity (Wildman–Crippen MR) is 69.9 cm³/mol. The smallest absolute Gasteiger partial charge is 0.129 e. The van der Waals surface area contributed by atoms with Crippen molar-refractivity contribution < 1.29 is 9.50 Å². The number of rotatable bonds is 5. The van der Waals surface area contributed by atoms with Crippen LogP contribution in [0.3, 0.4) is 0 Å². The van der Waals surface area contributed by atoms with Gasteiger partial charge in [0.05, 0.1) is 12.1 Å². The molecule has 0 aliphatic rings. The minimum absolute atomic E-state index is 0.0476. The summed E-state index contributed by atoms with van der Waals surface area (Å²) in [5, 5.41) is 15.9. The van der Waals surface area contributed by atoms with Crippen LogP contribution in [0.4, 0.5) is 4.39 Å². The molecule has 0 saturated heterocycles. The Morgan fingerprint density at radius 2 is 2.22 bits per heavy atom. The van der Waals surface area contributed by atoms with E-state index in [1.54, 1.807) is 35.7 Å². The van der Waals surface area contributed by atoms with Gasteiger partial charge in [0.15, 0.2) is 0 Å². The molecule has 2 rings (SSSR count). The summed E-state index contributed by atoms with van der Waals surface area (Å²) in [7, 11) is 0. The fourth-order valence-corrected chi connectivity index (χ4v) is 2.35. The molecule has 2 aromatic rings.